The van der Waals surface area contributed by atoms with Gasteiger partial charge in [-0.15, -0.1) is 10.2 Å². The summed E-state index contributed by atoms with van der Waals surface area (Å²) in [7, 11) is 0. The Bertz CT molecular complexity index is 765. The van der Waals surface area contributed by atoms with Crippen LogP contribution in [-0.4, -0.2) is 31.2 Å². The van der Waals surface area contributed by atoms with E-state index in [2.05, 4.69) is 15.4 Å². The van der Waals surface area contributed by atoms with E-state index in [1.54, 1.807) is 0 Å². The number of hydrogen-bond acceptors (Lipinski definition) is 4. The molecule has 5 nitrogen and oxygen atoms in total. The lowest BCUT2D eigenvalue weighted by Crippen LogP contribution is -2.69. The Balaban J connectivity index is 1.82. The smallest absolute Gasteiger partial charge is 0.287 e. The first-order valence-electron chi connectivity index (χ1n) is 7.54. The van der Waals surface area contributed by atoms with Crippen LogP contribution in [0.3, 0.4) is 0 Å². The van der Waals surface area contributed by atoms with E-state index < -0.39 is 40.7 Å². The molecule has 2 bridgehead atoms. The average Bonchev–Trinajstić information content (AvgIpc) is 2.86. The van der Waals surface area contributed by atoms with E-state index in [0.29, 0.717) is 6.07 Å². The lowest BCUT2D eigenvalue weighted by atomic mass is 9.40. The molecule has 0 spiro atoms. The fourth-order valence-electron chi connectivity index (χ4n) is 3.95. The molecule has 0 radical (unpaired) electrons. The molecule has 0 aliphatic heterocycles. The lowest BCUT2D eigenvalue weighted by Gasteiger charge is -2.66. The average molecular weight is 342 g/mol. The Hall–Kier alpha value is -2.03. The van der Waals surface area contributed by atoms with Crippen molar-refractivity contribution in [1.29, 1.82) is 0 Å². The zero-order chi connectivity index (χ0) is 17.2. The molecule has 1 aromatic carbocycles. The molecular formula is C15H14F4N4O. The summed E-state index contributed by atoms with van der Waals surface area (Å²) >= 11 is 0. The van der Waals surface area contributed by atoms with Crippen LogP contribution in [0.1, 0.15) is 24.8 Å². The van der Waals surface area contributed by atoms with E-state index in [9.17, 15) is 13.9 Å². The van der Waals surface area contributed by atoms with Crippen molar-refractivity contribution in [2.75, 3.05) is 0 Å². The molecule has 3 aliphatic rings. The highest BCUT2D eigenvalue weighted by atomic mass is 19.3. The van der Waals surface area contributed by atoms with Crippen molar-refractivity contribution in [2.45, 2.75) is 37.3 Å². The highest BCUT2D eigenvalue weighted by Gasteiger charge is 2.76. The van der Waals surface area contributed by atoms with Gasteiger partial charge in [-0.25, -0.2) is 17.6 Å². The van der Waals surface area contributed by atoms with E-state index in [1.807, 2.05) is 0 Å². The lowest BCUT2D eigenvalue weighted by molar-refractivity contribution is -0.338. The first kappa shape index (κ1) is 15.5. The molecule has 1 N–H and O–H groups in total. The van der Waals surface area contributed by atoms with E-state index in [4.69, 9.17) is 0 Å². The Morgan fingerprint density at radius 1 is 1.25 bits per heavy atom. The van der Waals surface area contributed by atoms with E-state index in [0.717, 1.165) is 23.3 Å². The molecule has 1 aromatic heterocycles. The number of hydrogen-bond donors (Lipinski definition) is 1. The maximum absolute atomic E-state index is 15.3. The maximum atomic E-state index is 15.3. The summed E-state index contributed by atoms with van der Waals surface area (Å²) < 4.78 is 58.0. The highest BCUT2D eigenvalue weighted by Crippen LogP contribution is 2.73. The SMILES string of the molecule is OC(Cn1ncnn1)(c1ccc(F)cc1F)C(F)(F)C12CC(C1)C2. The minimum absolute atomic E-state index is 0.239. The van der Waals surface area contributed by atoms with Crippen LogP contribution in [-0.2, 0) is 12.1 Å². The fourth-order valence-corrected chi connectivity index (χ4v) is 3.95. The molecule has 2 aromatic rings. The van der Waals surface area contributed by atoms with Gasteiger partial charge < -0.3 is 5.11 Å². The Labute approximate surface area is 134 Å². The van der Waals surface area contributed by atoms with Gasteiger partial charge in [0.05, 0.1) is 0 Å². The number of rotatable bonds is 5. The summed E-state index contributed by atoms with van der Waals surface area (Å²) in [6.07, 6.45) is 1.89. The van der Waals surface area contributed by atoms with Gasteiger partial charge >= 0.3 is 0 Å². The van der Waals surface area contributed by atoms with E-state index in [1.165, 1.54) is 0 Å². The number of nitrogens with zero attached hydrogens (tertiary/aromatic N) is 4. The van der Waals surface area contributed by atoms with Crippen LogP contribution in [0.2, 0.25) is 0 Å². The quantitative estimate of drug-likeness (QED) is 0.847. The Morgan fingerprint density at radius 2 is 1.96 bits per heavy atom. The first-order valence-corrected chi connectivity index (χ1v) is 7.54. The number of alkyl halides is 2. The normalized spacial score (nSPS) is 28.0. The summed E-state index contributed by atoms with van der Waals surface area (Å²) in [6, 6.07) is 2.17. The second kappa shape index (κ2) is 4.75. The van der Waals surface area contributed by atoms with Crippen molar-refractivity contribution in [2.24, 2.45) is 11.3 Å². The zero-order valence-electron chi connectivity index (χ0n) is 12.5. The van der Waals surface area contributed by atoms with Crippen molar-refractivity contribution in [3.05, 3.63) is 41.7 Å². The van der Waals surface area contributed by atoms with Crippen LogP contribution in [0.25, 0.3) is 0 Å². The van der Waals surface area contributed by atoms with Crippen molar-refractivity contribution >= 4 is 0 Å². The van der Waals surface area contributed by atoms with Gasteiger partial charge in [-0.2, -0.15) is 4.80 Å². The topological polar surface area (TPSA) is 63.8 Å². The van der Waals surface area contributed by atoms with Gasteiger partial charge in [0.1, 0.15) is 18.2 Å². The molecule has 128 valence electrons. The number of aliphatic hydroxyl groups is 1. The molecule has 1 unspecified atom stereocenters. The molecule has 3 saturated carbocycles. The van der Waals surface area contributed by atoms with E-state index >= 15 is 8.78 Å². The van der Waals surface area contributed by atoms with Gasteiger partial charge in [-0.05, 0) is 42.5 Å². The molecule has 1 atom stereocenters. The summed E-state index contributed by atoms with van der Waals surface area (Å²) in [5.41, 5.74) is -4.93. The summed E-state index contributed by atoms with van der Waals surface area (Å²) in [5, 5.41) is 21.5. The highest BCUT2D eigenvalue weighted by molar-refractivity contribution is 5.31. The fraction of sp³-hybridized carbons (Fsp3) is 0.533. The predicted molar refractivity (Wildman–Crippen MR) is 72.8 cm³/mol. The van der Waals surface area contributed by atoms with Gasteiger partial charge in [0.25, 0.3) is 5.92 Å². The monoisotopic (exact) mass is 342 g/mol. The molecule has 24 heavy (non-hydrogen) atoms. The van der Waals surface area contributed by atoms with Crippen LogP contribution in [0.4, 0.5) is 17.6 Å². The minimum Gasteiger partial charge on any atom is -0.377 e. The van der Waals surface area contributed by atoms with Crippen LogP contribution in [0.5, 0.6) is 0 Å². The summed E-state index contributed by atoms with van der Waals surface area (Å²) in [5.74, 6) is -5.53. The second-order valence-electron chi connectivity index (χ2n) is 6.78. The summed E-state index contributed by atoms with van der Waals surface area (Å²) in [4.78, 5) is 0.780. The summed E-state index contributed by atoms with van der Waals surface area (Å²) in [6.45, 7) is -0.783. The third kappa shape index (κ3) is 1.87. The molecular weight excluding hydrogens is 328 g/mol. The zero-order valence-corrected chi connectivity index (χ0v) is 12.5. The number of benzene rings is 1. The van der Waals surface area contributed by atoms with Gasteiger partial charge in [-0.1, -0.05) is 0 Å². The van der Waals surface area contributed by atoms with Crippen LogP contribution >= 0.6 is 0 Å². The third-order valence-corrected chi connectivity index (χ3v) is 5.36. The molecule has 3 aliphatic carbocycles. The minimum atomic E-state index is -3.62. The van der Waals surface area contributed by atoms with Gasteiger partial charge in [-0.3, -0.25) is 0 Å². The van der Waals surface area contributed by atoms with Crippen LogP contribution in [0, 0.1) is 23.0 Å². The van der Waals surface area contributed by atoms with Crippen molar-refractivity contribution in [1.82, 2.24) is 20.2 Å². The van der Waals surface area contributed by atoms with Gasteiger partial charge in [0.2, 0.25) is 0 Å². The molecule has 0 saturated heterocycles. The maximum Gasteiger partial charge on any atom is 0.287 e. The van der Waals surface area contributed by atoms with Crippen molar-refractivity contribution < 1.29 is 22.7 Å². The van der Waals surface area contributed by atoms with Crippen molar-refractivity contribution in [3.8, 4) is 0 Å². The molecule has 9 heteroatoms. The third-order valence-electron chi connectivity index (χ3n) is 5.36. The van der Waals surface area contributed by atoms with Gasteiger partial charge in [0.15, 0.2) is 11.9 Å². The molecule has 5 rings (SSSR count). The van der Waals surface area contributed by atoms with Gasteiger partial charge in [0, 0.05) is 17.0 Å². The van der Waals surface area contributed by atoms with E-state index in [-0.39, 0.29) is 25.2 Å². The molecule has 0 amide bonds. The molecule has 1 heterocycles. The Kier molecular flexibility index (Phi) is 3.07. The predicted octanol–water partition coefficient (Wildman–Crippen LogP) is 2.27. The number of aromatic nitrogens is 4. The van der Waals surface area contributed by atoms with Crippen LogP contribution < -0.4 is 0 Å². The number of halogens is 4. The second-order valence-corrected chi connectivity index (χ2v) is 6.78. The number of tetrazole rings is 1. The van der Waals surface area contributed by atoms with Crippen molar-refractivity contribution in [3.63, 3.8) is 0 Å². The largest absolute Gasteiger partial charge is 0.377 e. The van der Waals surface area contributed by atoms with Crippen LogP contribution in [0.15, 0.2) is 24.5 Å². The molecule has 3 fully saturated rings. The standard InChI is InChI=1S/C15H14F4N4O/c16-10-1-2-11(12(17)3-10)14(24,7-23-21-8-20-22-23)15(18,19)13-4-9(5-13)6-13/h1-3,8-9,24H,4-7H2. The first-order chi connectivity index (χ1) is 11.3. The Morgan fingerprint density at radius 3 is 2.46 bits per heavy atom.